The van der Waals surface area contributed by atoms with Gasteiger partial charge in [-0.15, -0.1) is 0 Å². The van der Waals surface area contributed by atoms with Gasteiger partial charge in [0.05, 0.1) is 13.0 Å². The molecule has 1 heterocycles. The highest BCUT2D eigenvalue weighted by Crippen LogP contribution is 2.08. The fourth-order valence-electron chi connectivity index (χ4n) is 1.35. The second-order valence-electron chi connectivity index (χ2n) is 2.80. The van der Waals surface area contributed by atoms with Crippen molar-refractivity contribution in [3.63, 3.8) is 0 Å². The van der Waals surface area contributed by atoms with Crippen LogP contribution in [-0.4, -0.2) is 25.2 Å². The summed E-state index contributed by atoms with van der Waals surface area (Å²) in [4.78, 5) is 10.9. The Kier molecular flexibility index (Phi) is 3.36. The zero-order valence-electron chi connectivity index (χ0n) is 6.93. The number of ether oxygens (including phenoxy) is 1. The summed E-state index contributed by atoms with van der Waals surface area (Å²) in [7, 11) is 0. The van der Waals surface area contributed by atoms with Crippen LogP contribution in [0.4, 0.5) is 0 Å². The molecule has 0 unspecified atom stereocenters. The maximum atomic E-state index is 10.9. The van der Waals surface area contributed by atoms with Crippen molar-refractivity contribution in [3.05, 3.63) is 0 Å². The summed E-state index contributed by atoms with van der Waals surface area (Å²) >= 11 is 0. The lowest BCUT2D eigenvalue weighted by Crippen LogP contribution is -2.25. The van der Waals surface area contributed by atoms with Gasteiger partial charge >= 0.3 is 5.97 Å². The zero-order chi connectivity index (χ0) is 8.10. The molecule has 1 aliphatic rings. The van der Waals surface area contributed by atoms with Crippen LogP contribution in [0.15, 0.2) is 0 Å². The van der Waals surface area contributed by atoms with Crippen molar-refractivity contribution in [1.82, 2.24) is 5.32 Å². The molecule has 1 rings (SSSR count). The topological polar surface area (TPSA) is 38.3 Å². The van der Waals surface area contributed by atoms with E-state index in [-0.39, 0.29) is 5.97 Å². The van der Waals surface area contributed by atoms with Crippen molar-refractivity contribution >= 4 is 5.97 Å². The number of carbonyl (C=O) groups excluding carboxylic acids is 1. The minimum Gasteiger partial charge on any atom is -0.466 e. The van der Waals surface area contributed by atoms with Crippen LogP contribution < -0.4 is 5.32 Å². The molecule has 64 valence electrons. The highest BCUT2D eigenvalue weighted by atomic mass is 16.5. The van der Waals surface area contributed by atoms with Gasteiger partial charge in [-0.2, -0.15) is 0 Å². The molecule has 1 fully saturated rings. The maximum Gasteiger partial charge on any atom is 0.307 e. The van der Waals surface area contributed by atoms with Gasteiger partial charge in [0, 0.05) is 6.04 Å². The Balaban J connectivity index is 2.13. The molecule has 3 nitrogen and oxygen atoms in total. The average molecular weight is 157 g/mol. The molecule has 0 saturated carbocycles. The standard InChI is InChI=1S/C8H15NO2/c1-2-11-8(10)6-7-4-3-5-9-7/h7,9H,2-6H2,1H3/t7-/m1/s1. The third-order valence-corrected chi connectivity index (χ3v) is 1.88. The van der Waals surface area contributed by atoms with Crippen LogP contribution in [0.2, 0.25) is 0 Å². The first kappa shape index (κ1) is 8.53. The molecule has 1 saturated heterocycles. The van der Waals surface area contributed by atoms with Crippen LogP contribution in [-0.2, 0) is 9.53 Å². The molecular weight excluding hydrogens is 142 g/mol. The van der Waals surface area contributed by atoms with E-state index in [4.69, 9.17) is 4.74 Å². The lowest BCUT2D eigenvalue weighted by molar-refractivity contribution is -0.143. The van der Waals surface area contributed by atoms with Gasteiger partial charge in [-0.05, 0) is 26.3 Å². The number of hydrogen-bond acceptors (Lipinski definition) is 3. The second-order valence-corrected chi connectivity index (χ2v) is 2.80. The highest BCUT2D eigenvalue weighted by molar-refractivity contribution is 5.70. The summed E-state index contributed by atoms with van der Waals surface area (Å²) in [6.07, 6.45) is 2.83. The number of hydrogen-bond donors (Lipinski definition) is 1. The molecule has 0 amide bonds. The SMILES string of the molecule is CCOC(=O)C[C@H]1CCCN1. The summed E-state index contributed by atoms with van der Waals surface area (Å²) in [5.74, 6) is -0.0769. The Bertz CT molecular complexity index is 130. The van der Waals surface area contributed by atoms with Crippen LogP contribution in [0.1, 0.15) is 26.2 Å². The van der Waals surface area contributed by atoms with Crippen molar-refractivity contribution in [1.29, 1.82) is 0 Å². The third-order valence-electron chi connectivity index (χ3n) is 1.88. The quantitative estimate of drug-likeness (QED) is 0.612. The molecule has 3 heteroatoms. The predicted molar refractivity (Wildman–Crippen MR) is 42.3 cm³/mol. The monoisotopic (exact) mass is 157 g/mol. The Morgan fingerprint density at radius 1 is 1.73 bits per heavy atom. The van der Waals surface area contributed by atoms with Crippen LogP contribution in [0.3, 0.4) is 0 Å². The Morgan fingerprint density at radius 3 is 3.09 bits per heavy atom. The predicted octanol–water partition coefficient (Wildman–Crippen LogP) is 0.692. The van der Waals surface area contributed by atoms with Gasteiger partial charge < -0.3 is 10.1 Å². The fourth-order valence-corrected chi connectivity index (χ4v) is 1.35. The number of nitrogens with one attached hydrogen (secondary N) is 1. The molecule has 0 bridgehead atoms. The summed E-state index contributed by atoms with van der Waals surface area (Å²) in [6.45, 7) is 3.37. The molecule has 0 aromatic rings. The van der Waals surface area contributed by atoms with Gasteiger partial charge in [-0.1, -0.05) is 0 Å². The largest absolute Gasteiger partial charge is 0.466 e. The van der Waals surface area contributed by atoms with Crippen molar-refractivity contribution in [3.8, 4) is 0 Å². The van der Waals surface area contributed by atoms with Gasteiger partial charge in [0.25, 0.3) is 0 Å². The minimum atomic E-state index is -0.0769. The molecule has 1 N–H and O–H groups in total. The van der Waals surface area contributed by atoms with E-state index in [1.165, 1.54) is 6.42 Å². The molecule has 0 aliphatic carbocycles. The average Bonchev–Trinajstić information content (AvgIpc) is 2.40. The molecule has 1 aliphatic heterocycles. The van der Waals surface area contributed by atoms with Crippen LogP contribution >= 0.6 is 0 Å². The Hall–Kier alpha value is -0.570. The molecule has 0 spiro atoms. The molecule has 0 aromatic carbocycles. The summed E-state index contributed by atoms with van der Waals surface area (Å²) < 4.78 is 4.82. The molecule has 11 heavy (non-hydrogen) atoms. The van der Waals surface area contributed by atoms with Gasteiger partial charge in [0.1, 0.15) is 0 Å². The van der Waals surface area contributed by atoms with E-state index in [1.807, 2.05) is 6.92 Å². The van der Waals surface area contributed by atoms with Crippen molar-refractivity contribution < 1.29 is 9.53 Å². The molecule has 1 atom stereocenters. The second kappa shape index (κ2) is 4.34. The van der Waals surface area contributed by atoms with Gasteiger partial charge in [-0.25, -0.2) is 0 Å². The van der Waals surface area contributed by atoms with E-state index in [0.717, 1.165) is 13.0 Å². The first-order valence-corrected chi connectivity index (χ1v) is 4.22. The minimum absolute atomic E-state index is 0.0769. The highest BCUT2D eigenvalue weighted by Gasteiger charge is 2.17. The van der Waals surface area contributed by atoms with E-state index in [2.05, 4.69) is 5.32 Å². The lowest BCUT2D eigenvalue weighted by Gasteiger charge is -2.07. The fraction of sp³-hybridized carbons (Fsp3) is 0.875. The van der Waals surface area contributed by atoms with E-state index in [0.29, 0.717) is 19.1 Å². The van der Waals surface area contributed by atoms with E-state index >= 15 is 0 Å². The van der Waals surface area contributed by atoms with Crippen molar-refractivity contribution in [2.75, 3.05) is 13.2 Å². The zero-order valence-corrected chi connectivity index (χ0v) is 6.93. The van der Waals surface area contributed by atoms with Crippen molar-refractivity contribution in [2.24, 2.45) is 0 Å². The molecular formula is C8H15NO2. The van der Waals surface area contributed by atoms with Crippen molar-refractivity contribution in [2.45, 2.75) is 32.2 Å². The molecule has 0 radical (unpaired) electrons. The third kappa shape index (κ3) is 2.89. The Morgan fingerprint density at radius 2 is 2.55 bits per heavy atom. The number of carbonyl (C=O) groups is 1. The van der Waals surface area contributed by atoms with Gasteiger partial charge in [0.15, 0.2) is 0 Å². The molecule has 0 aromatic heterocycles. The van der Waals surface area contributed by atoms with E-state index < -0.39 is 0 Å². The number of esters is 1. The summed E-state index contributed by atoms with van der Waals surface area (Å²) in [5.41, 5.74) is 0. The van der Waals surface area contributed by atoms with Gasteiger partial charge in [-0.3, -0.25) is 4.79 Å². The normalized spacial score (nSPS) is 23.5. The summed E-state index contributed by atoms with van der Waals surface area (Å²) in [5, 5.41) is 3.25. The Labute approximate surface area is 67.1 Å². The van der Waals surface area contributed by atoms with Gasteiger partial charge in [0.2, 0.25) is 0 Å². The first-order chi connectivity index (χ1) is 5.33. The number of rotatable bonds is 3. The first-order valence-electron chi connectivity index (χ1n) is 4.22. The maximum absolute atomic E-state index is 10.9. The van der Waals surface area contributed by atoms with Crippen LogP contribution in [0.25, 0.3) is 0 Å². The smallest absolute Gasteiger partial charge is 0.307 e. The van der Waals surface area contributed by atoms with E-state index in [9.17, 15) is 4.79 Å². The van der Waals surface area contributed by atoms with Crippen LogP contribution in [0.5, 0.6) is 0 Å². The lowest BCUT2D eigenvalue weighted by atomic mass is 10.2. The summed E-state index contributed by atoms with van der Waals surface area (Å²) in [6, 6.07) is 0.369. The van der Waals surface area contributed by atoms with Crippen LogP contribution in [0, 0.1) is 0 Å². The van der Waals surface area contributed by atoms with E-state index in [1.54, 1.807) is 0 Å².